The zero-order valence-corrected chi connectivity index (χ0v) is 22.2. The molecule has 4 nitrogen and oxygen atoms in total. The molecule has 0 aromatic heterocycles. The molecule has 0 spiro atoms. The molecular formula is C25H31Cl3N2O2S. The summed E-state index contributed by atoms with van der Waals surface area (Å²) in [5.74, 6) is 0.637. The molecule has 0 heterocycles. The lowest BCUT2D eigenvalue weighted by atomic mass is 10.1. The molecule has 0 aliphatic rings. The molecule has 33 heavy (non-hydrogen) atoms. The molecule has 0 saturated heterocycles. The van der Waals surface area contributed by atoms with Crippen LogP contribution in [0.1, 0.15) is 51.5 Å². The molecule has 2 aromatic rings. The third-order valence-electron chi connectivity index (χ3n) is 5.17. The maximum Gasteiger partial charge on any atom is 0.242 e. The molecule has 1 unspecified atom stereocenters. The Hall–Kier alpha value is -1.40. The van der Waals surface area contributed by atoms with E-state index in [4.69, 9.17) is 34.8 Å². The quantitative estimate of drug-likeness (QED) is 0.220. The van der Waals surface area contributed by atoms with Gasteiger partial charge in [0.15, 0.2) is 0 Å². The minimum atomic E-state index is -0.535. The highest BCUT2D eigenvalue weighted by Gasteiger charge is 2.28. The predicted molar refractivity (Wildman–Crippen MR) is 140 cm³/mol. The average Bonchev–Trinajstić information content (AvgIpc) is 2.80. The summed E-state index contributed by atoms with van der Waals surface area (Å²) in [6.07, 6.45) is 3.50. The first kappa shape index (κ1) is 27.8. The van der Waals surface area contributed by atoms with Gasteiger partial charge in [0.25, 0.3) is 0 Å². The third-order valence-corrected chi connectivity index (χ3v) is 7.26. The van der Waals surface area contributed by atoms with E-state index in [0.717, 1.165) is 29.1 Å². The second kappa shape index (κ2) is 14.8. The first-order valence-electron chi connectivity index (χ1n) is 11.2. The lowest BCUT2D eigenvalue weighted by Gasteiger charge is -2.31. The number of carbonyl (C=O) groups excluding carboxylic acids is 2. The Kier molecular flexibility index (Phi) is 12.5. The van der Waals surface area contributed by atoms with Crippen LogP contribution in [0.5, 0.6) is 0 Å². The fourth-order valence-electron chi connectivity index (χ4n) is 3.35. The number of rotatable bonds is 13. The number of thioether (sulfide) groups is 1. The molecule has 2 rings (SSSR count). The first-order chi connectivity index (χ1) is 15.8. The van der Waals surface area contributed by atoms with Gasteiger partial charge in [-0.15, -0.1) is 11.8 Å². The van der Waals surface area contributed by atoms with Gasteiger partial charge in [0.05, 0.1) is 10.0 Å². The summed E-state index contributed by atoms with van der Waals surface area (Å²) in [6, 6.07) is 12.4. The molecule has 0 radical (unpaired) electrons. The fourth-order valence-corrected chi connectivity index (χ4v) is 4.65. The van der Waals surface area contributed by atoms with Crippen molar-refractivity contribution in [3.05, 3.63) is 63.1 Å². The Morgan fingerprint density at radius 3 is 2.36 bits per heavy atom. The summed E-state index contributed by atoms with van der Waals surface area (Å²) >= 11 is 19.8. The number of carbonyl (C=O) groups is 2. The zero-order chi connectivity index (χ0) is 24.2. The molecule has 1 N–H and O–H groups in total. The van der Waals surface area contributed by atoms with Gasteiger partial charge in [0.2, 0.25) is 11.8 Å². The van der Waals surface area contributed by atoms with Crippen LogP contribution in [-0.2, 0) is 16.1 Å². The highest BCUT2D eigenvalue weighted by Crippen LogP contribution is 2.25. The minimum Gasteiger partial charge on any atom is -0.354 e. The maximum atomic E-state index is 13.3. The third kappa shape index (κ3) is 9.40. The van der Waals surface area contributed by atoms with Crippen LogP contribution in [0, 0.1) is 0 Å². The molecular weight excluding hydrogens is 499 g/mol. The number of nitrogens with zero attached hydrogens (tertiary/aromatic N) is 1. The van der Waals surface area contributed by atoms with Gasteiger partial charge in [-0.3, -0.25) is 9.59 Å². The van der Waals surface area contributed by atoms with E-state index in [2.05, 4.69) is 12.2 Å². The van der Waals surface area contributed by atoms with Crippen molar-refractivity contribution in [1.29, 1.82) is 0 Å². The number of amides is 2. The lowest BCUT2D eigenvalue weighted by molar-refractivity contribution is -0.141. The molecule has 0 fully saturated rings. The van der Waals surface area contributed by atoms with Crippen LogP contribution in [0.4, 0.5) is 0 Å². The Bertz CT molecular complexity index is 909. The van der Waals surface area contributed by atoms with Crippen LogP contribution >= 0.6 is 46.6 Å². The molecule has 0 saturated carbocycles. The number of unbranched alkanes of at least 4 members (excludes halogenated alkanes) is 1. The lowest BCUT2D eigenvalue weighted by Crippen LogP contribution is -2.49. The molecule has 2 aromatic carbocycles. The fraction of sp³-hybridized carbons (Fsp3) is 0.440. The second-order valence-corrected chi connectivity index (χ2v) is 10.2. The van der Waals surface area contributed by atoms with Crippen molar-refractivity contribution in [2.45, 2.75) is 63.4 Å². The van der Waals surface area contributed by atoms with Crippen molar-refractivity contribution in [2.24, 2.45) is 0 Å². The SMILES string of the molecule is CCCCNC(=O)C(CC)N(Cc1ccc(Cl)c(Cl)c1)C(=O)CCCSc1ccc(Cl)cc1. The van der Waals surface area contributed by atoms with E-state index in [1.807, 2.05) is 37.3 Å². The Balaban J connectivity index is 2.06. The van der Waals surface area contributed by atoms with Gasteiger partial charge in [-0.05, 0) is 67.0 Å². The molecule has 0 aliphatic carbocycles. The summed E-state index contributed by atoms with van der Waals surface area (Å²) in [5.41, 5.74) is 0.841. The van der Waals surface area contributed by atoms with E-state index < -0.39 is 6.04 Å². The minimum absolute atomic E-state index is 0.0460. The van der Waals surface area contributed by atoms with Gasteiger partial charge >= 0.3 is 0 Å². The number of nitrogens with one attached hydrogen (secondary N) is 1. The summed E-state index contributed by atoms with van der Waals surface area (Å²) in [5, 5.41) is 4.57. The van der Waals surface area contributed by atoms with Gasteiger partial charge in [0.1, 0.15) is 6.04 Å². The van der Waals surface area contributed by atoms with Crippen LogP contribution in [-0.4, -0.2) is 35.1 Å². The van der Waals surface area contributed by atoms with Crippen molar-refractivity contribution in [1.82, 2.24) is 10.2 Å². The van der Waals surface area contributed by atoms with Crippen LogP contribution in [0.15, 0.2) is 47.4 Å². The molecule has 0 aliphatic heterocycles. The second-order valence-electron chi connectivity index (χ2n) is 7.74. The summed E-state index contributed by atoms with van der Waals surface area (Å²) in [7, 11) is 0. The first-order valence-corrected chi connectivity index (χ1v) is 13.4. The van der Waals surface area contributed by atoms with Gasteiger partial charge in [-0.25, -0.2) is 0 Å². The Morgan fingerprint density at radius 2 is 1.73 bits per heavy atom. The van der Waals surface area contributed by atoms with Crippen molar-refractivity contribution in [2.75, 3.05) is 12.3 Å². The molecule has 2 amide bonds. The van der Waals surface area contributed by atoms with E-state index in [9.17, 15) is 9.59 Å². The van der Waals surface area contributed by atoms with E-state index in [1.54, 1.807) is 28.8 Å². The normalized spacial score (nSPS) is 11.8. The van der Waals surface area contributed by atoms with Crippen LogP contribution in [0.3, 0.4) is 0 Å². The zero-order valence-electron chi connectivity index (χ0n) is 19.1. The van der Waals surface area contributed by atoms with E-state index in [0.29, 0.717) is 47.4 Å². The monoisotopic (exact) mass is 528 g/mol. The van der Waals surface area contributed by atoms with E-state index in [-0.39, 0.29) is 11.8 Å². The van der Waals surface area contributed by atoms with Crippen molar-refractivity contribution < 1.29 is 9.59 Å². The van der Waals surface area contributed by atoms with Crippen LogP contribution in [0.25, 0.3) is 0 Å². The van der Waals surface area contributed by atoms with E-state index in [1.165, 1.54) is 0 Å². The molecule has 0 bridgehead atoms. The van der Waals surface area contributed by atoms with Gasteiger partial charge < -0.3 is 10.2 Å². The van der Waals surface area contributed by atoms with E-state index >= 15 is 0 Å². The Labute approximate surface area is 216 Å². The number of halogens is 3. The topological polar surface area (TPSA) is 49.4 Å². The molecule has 8 heteroatoms. The maximum absolute atomic E-state index is 13.3. The van der Waals surface area contributed by atoms with Crippen molar-refractivity contribution in [3.8, 4) is 0 Å². The largest absolute Gasteiger partial charge is 0.354 e. The molecule has 1 atom stereocenters. The van der Waals surface area contributed by atoms with Crippen LogP contribution in [0.2, 0.25) is 15.1 Å². The highest BCUT2D eigenvalue weighted by molar-refractivity contribution is 7.99. The molecule has 180 valence electrons. The Morgan fingerprint density at radius 1 is 1.00 bits per heavy atom. The van der Waals surface area contributed by atoms with Crippen molar-refractivity contribution >= 4 is 58.4 Å². The summed E-state index contributed by atoms with van der Waals surface area (Å²) < 4.78 is 0. The standard InChI is InChI=1S/C25H31Cl3N2O2S/c1-3-5-14-29-25(32)23(4-2)30(17-18-8-13-21(27)22(28)16-18)24(31)7-6-15-33-20-11-9-19(26)10-12-20/h8-13,16,23H,3-7,14-15,17H2,1-2H3,(H,29,32). The van der Waals surface area contributed by atoms with Gasteiger partial charge in [-0.2, -0.15) is 0 Å². The predicted octanol–water partition coefficient (Wildman–Crippen LogP) is 7.24. The average molecular weight is 530 g/mol. The van der Waals surface area contributed by atoms with Gasteiger partial charge in [-0.1, -0.05) is 61.1 Å². The number of hydrogen-bond acceptors (Lipinski definition) is 3. The van der Waals surface area contributed by atoms with Gasteiger partial charge in [0, 0.05) is 29.4 Å². The summed E-state index contributed by atoms with van der Waals surface area (Å²) in [4.78, 5) is 28.9. The smallest absolute Gasteiger partial charge is 0.242 e. The number of benzene rings is 2. The highest BCUT2D eigenvalue weighted by atomic mass is 35.5. The van der Waals surface area contributed by atoms with Crippen LogP contribution < -0.4 is 5.32 Å². The van der Waals surface area contributed by atoms with Crippen molar-refractivity contribution in [3.63, 3.8) is 0 Å². The summed E-state index contributed by atoms with van der Waals surface area (Å²) in [6.45, 7) is 4.92. The number of hydrogen-bond donors (Lipinski definition) is 1.